The molecule has 0 radical (unpaired) electrons. The lowest BCUT2D eigenvalue weighted by Crippen LogP contribution is -2.44. The molecule has 0 bridgehead atoms. The molecule has 1 N–H and O–H groups in total. The molecule has 1 aliphatic heterocycles. The van der Waals surface area contributed by atoms with Crippen LogP contribution >= 0.6 is 0 Å². The van der Waals surface area contributed by atoms with Crippen LogP contribution in [0, 0.1) is 25.2 Å². The molecule has 0 spiro atoms. The predicted octanol–water partition coefficient (Wildman–Crippen LogP) is 5.76. The Labute approximate surface area is 184 Å². The van der Waals surface area contributed by atoms with E-state index in [0.717, 1.165) is 34.5 Å². The topological polar surface area (TPSA) is 58.5 Å². The first kappa shape index (κ1) is 21.2. The van der Waals surface area contributed by atoms with E-state index in [1.165, 1.54) is 0 Å². The molecule has 2 aliphatic rings. The molecule has 0 saturated heterocycles. The summed E-state index contributed by atoms with van der Waals surface area (Å²) in [5.74, 6) is -0.700. The molecule has 1 amide bonds. The summed E-state index contributed by atoms with van der Waals surface area (Å²) >= 11 is 0. The molecule has 4 heteroatoms. The summed E-state index contributed by atoms with van der Waals surface area (Å²) in [6, 6.07) is 15.8. The number of allylic oxidation sites excluding steroid dienone is 1. The van der Waals surface area contributed by atoms with Gasteiger partial charge in [0.1, 0.15) is 5.78 Å². The van der Waals surface area contributed by atoms with Gasteiger partial charge < -0.3 is 5.32 Å². The molecular weight excluding hydrogens is 384 g/mol. The highest BCUT2D eigenvalue weighted by molar-refractivity contribution is 6.14. The first-order valence-corrected chi connectivity index (χ1v) is 10.9. The fraction of sp³-hybridized carbons (Fsp3) is 0.370. The maximum Gasteiger partial charge on any atom is 0.254 e. The molecule has 31 heavy (non-hydrogen) atoms. The summed E-state index contributed by atoms with van der Waals surface area (Å²) < 4.78 is 0. The standard InChI is InChI=1S/C27H30N2O2/c1-16-10-6-8-12-19(16)24-23(26(31)29-20-13-9-7-11-17(20)2)18(3)28-21-14-27(4,5)15-22(30)25(21)24/h6-13,24-25H,14-15H2,1-5H3,(H,29,31)/t24-,25?/m1/s1. The van der Waals surface area contributed by atoms with Crippen LogP contribution in [0.1, 0.15) is 56.2 Å². The fourth-order valence-electron chi connectivity index (χ4n) is 5.06. The van der Waals surface area contributed by atoms with E-state index in [1.807, 2.05) is 69.3 Å². The number of hydrogen-bond acceptors (Lipinski definition) is 3. The van der Waals surface area contributed by atoms with E-state index in [0.29, 0.717) is 17.7 Å². The van der Waals surface area contributed by atoms with Crippen molar-refractivity contribution in [2.45, 2.75) is 53.4 Å². The van der Waals surface area contributed by atoms with Crippen LogP contribution in [0.15, 0.2) is 64.8 Å². The van der Waals surface area contributed by atoms with Gasteiger partial charge >= 0.3 is 0 Å². The number of carbonyl (C=O) groups excluding carboxylic acids is 2. The van der Waals surface area contributed by atoms with Crippen molar-refractivity contribution >= 4 is 23.1 Å². The zero-order valence-corrected chi connectivity index (χ0v) is 19.0. The Morgan fingerprint density at radius 2 is 1.58 bits per heavy atom. The van der Waals surface area contributed by atoms with Crippen molar-refractivity contribution in [3.8, 4) is 0 Å². The molecule has 1 aliphatic carbocycles. The highest BCUT2D eigenvalue weighted by atomic mass is 16.2. The number of para-hydroxylation sites is 1. The summed E-state index contributed by atoms with van der Waals surface area (Å²) in [7, 11) is 0. The molecule has 1 fully saturated rings. The molecule has 2 aromatic carbocycles. The normalized spacial score (nSPS) is 22.6. The lowest BCUT2D eigenvalue weighted by atomic mass is 9.63. The number of Topliss-reactive ketones (excluding diaryl/α,β-unsaturated/α-hetero) is 1. The molecule has 4 rings (SSSR count). The van der Waals surface area contributed by atoms with Crippen LogP contribution in [-0.2, 0) is 9.59 Å². The molecule has 1 unspecified atom stereocenters. The number of ketones is 1. The van der Waals surface area contributed by atoms with Crippen molar-refractivity contribution in [2.75, 3.05) is 5.32 Å². The van der Waals surface area contributed by atoms with E-state index < -0.39 is 0 Å². The third kappa shape index (κ3) is 3.99. The molecule has 2 atom stereocenters. The third-order valence-corrected chi connectivity index (χ3v) is 6.53. The van der Waals surface area contributed by atoms with Crippen molar-refractivity contribution in [2.24, 2.45) is 16.3 Å². The predicted molar refractivity (Wildman–Crippen MR) is 125 cm³/mol. The van der Waals surface area contributed by atoms with E-state index in [-0.39, 0.29) is 28.9 Å². The molecular formula is C27H30N2O2. The minimum absolute atomic E-state index is 0.107. The van der Waals surface area contributed by atoms with E-state index in [2.05, 4.69) is 19.2 Å². The van der Waals surface area contributed by atoms with Gasteiger partial charge in [-0.05, 0) is 55.4 Å². The fourth-order valence-corrected chi connectivity index (χ4v) is 5.06. The van der Waals surface area contributed by atoms with Gasteiger partial charge in [0.2, 0.25) is 0 Å². The smallest absolute Gasteiger partial charge is 0.254 e. The second-order valence-electron chi connectivity index (χ2n) is 9.67. The Hall–Kier alpha value is -3.01. The van der Waals surface area contributed by atoms with Gasteiger partial charge in [0.15, 0.2) is 0 Å². The lowest BCUT2D eigenvalue weighted by molar-refractivity contribution is -0.124. The number of anilines is 1. The van der Waals surface area contributed by atoms with Crippen LogP contribution in [0.2, 0.25) is 0 Å². The average molecular weight is 415 g/mol. The SMILES string of the molecule is CC1=C(C(=O)Nc2ccccc2C)[C@@H](c2ccccc2C)C2C(=O)CC(C)(C)CC2=N1. The van der Waals surface area contributed by atoms with E-state index in [9.17, 15) is 9.59 Å². The average Bonchev–Trinajstić information content (AvgIpc) is 2.68. The molecule has 4 nitrogen and oxygen atoms in total. The zero-order valence-electron chi connectivity index (χ0n) is 19.0. The van der Waals surface area contributed by atoms with Crippen LogP contribution in [0.4, 0.5) is 5.69 Å². The van der Waals surface area contributed by atoms with Gasteiger partial charge in [0.05, 0.1) is 5.92 Å². The number of aliphatic imine (C=N–C) groups is 1. The number of aryl methyl sites for hydroxylation is 2. The Balaban J connectivity index is 1.85. The van der Waals surface area contributed by atoms with Gasteiger partial charge in [-0.15, -0.1) is 0 Å². The van der Waals surface area contributed by atoms with Gasteiger partial charge in [-0.2, -0.15) is 0 Å². The van der Waals surface area contributed by atoms with Crippen molar-refractivity contribution in [3.63, 3.8) is 0 Å². The zero-order chi connectivity index (χ0) is 22.3. The summed E-state index contributed by atoms with van der Waals surface area (Å²) in [5.41, 5.74) is 6.00. The maximum absolute atomic E-state index is 13.6. The highest BCUT2D eigenvalue weighted by Crippen LogP contribution is 2.47. The van der Waals surface area contributed by atoms with Gasteiger partial charge in [-0.1, -0.05) is 56.3 Å². The number of nitrogens with zero attached hydrogens (tertiary/aromatic N) is 1. The number of benzene rings is 2. The van der Waals surface area contributed by atoms with Gasteiger partial charge in [-0.25, -0.2) is 0 Å². The summed E-state index contributed by atoms with van der Waals surface area (Å²) in [4.78, 5) is 31.8. The van der Waals surface area contributed by atoms with Crippen LogP contribution in [0.25, 0.3) is 0 Å². The van der Waals surface area contributed by atoms with E-state index in [1.54, 1.807) is 0 Å². The second-order valence-corrected chi connectivity index (χ2v) is 9.67. The number of rotatable bonds is 3. The number of hydrogen-bond donors (Lipinski definition) is 1. The Bertz CT molecular complexity index is 1120. The van der Waals surface area contributed by atoms with Crippen LogP contribution in [0.5, 0.6) is 0 Å². The quantitative estimate of drug-likeness (QED) is 0.694. The van der Waals surface area contributed by atoms with Gasteiger partial charge in [0.25, 0.3) is 5.91 Å². The minimum atomic E-state index is -0.379. The molecule has 0 aromatic heterocycles. The molecule has 1 saturated carbocycles. The highest BCUT2D eigenvalue weighted by Gasteiger charge is 2.47. The molecule has 2 aromatic rings. The lowest BCUT2D eigenvalue weighted by Gasteiger charge is -2.41. The van der Waals surface area contributed by atoms with Crippen LogP contribution < -0.4 is 5.32 Å². The number of fused-ring (bicyclic) bond motifs is 1. The number of nitrogens with one attached hydrogen (secondary N) is 1. The summed E-state index contributed by atoms with van der Waals surface area (Å²) in [6.45, 7) is 10.1. The summed E-state index contributed by atoms with van der Waals surface area (Å²) in [5, 5.41) is 3.08. The van der Waals surface area contributed by atoms with Gasteiger partial charge in [-0.3, -0.25) is 14.6 Å². The minimum Gasteiger partial charge on any atom is -0.322 e. The number of carbonyl (C=O) groups is 2. The second kappa shape index (κ2) is 7.92. The summed E-state index contributed by atoms with van der Waals surface area (Å²) in [6.07, 6.45) is 1.28. The molecule has 160 valence electrons. The monoisotopic (exact) mass is 414 g/mol. The third-order valence-electron chi connectivity index (χ3n) is 6.53. The first-order chi connectivity index (χ1) is 14.7. The van der Waals surface area contributed by atoms with Crippen molar-refractivity contribution in [1.82, 2.24) is 0 Å². The Morgan fingerprint density at radius 1 is 0.935 bits per heavy atom. The van der Waals surface area contributed by atoms with Crippen molar-refractivity contribution < 1.29 is 9.59 Å². The van der Waals surface area contributed by atoms with E-state index in [4.69, 9.17) is 4.99 Å². The van der Waals surface area contributed by atoms with Crippen LogP contribution in [-0.4, -0.2) is 17.4 Å². The van der Waals surface area contributed by atoms with Crippen LogP contribution in [0.3, 0.4) is 0 Å². The Kier molecular flexibility index (Phi) is 5.42. The maximum atomic E-state index is 13.6. The number of amides is 1. The molecule has 1 heterocycles. The largest absolute Gasteiger partial charge is 0.322 e. The Morgan fingerprint density at radius 3 is 2.26 bits per heavy atom. The van der Waals surface area contributed by atoms with Crippen molar-refractivity contribution in [1.29, 1.82) is 0 Å². The van der Waals surface area contributed by atoms with Crippen molar-refractivity contribution in [3.05, 3.63) is 76.5 Å². The van der Waals surface area contributed by atoms with E-state index >= 15 is 0 Å². The van der Waals surface area contributed by atoms with Gasteiger partial charge in [0, 0.05) is 35.0 Å². The first-order valence-electron chi connectivity index (χ1n) is 10.9.